The van der Waals surface area contributed by atoms with Crippen LogP contribution in [0.4, 0.5) is 0 Å². The summed E-state index contributed by atoms with van der Waals surface area (Å²) in [6.07, 6.45) is 3.52. The Balaban J connectivity index is 1.70. The fourth-order valence-electron chi connectivity index (χ4n) is 2.07. The van der Waals surface area contributed by atoms with Gasteiger partial charge in [0.25, 0.3) is 5.91 Å². The van der Waals surface area contributed by atoms with E-state index >= 15 is 0 Å². The summed E-state index contributed by atoms with van der Waals surface area (Å²) >= 11 is 7.39. The van der Waals surface area contributed by atoms with Crippen LogP contribution in [0.2, 0.25) is 5.02 Å². The maximum atomic E-state index is 12.1. The molecule has 2 heterocycles. The van der Waals surface area contributed by atoms with Crippen molar-refractivity contribution in [1.82, 2.24) is 15.3 Å². The maximum Gasteiger partial charge on any atom is 0.251 e. The number of benzene rings is 1. The lowest BCUT2D eigenvalue weighted by Crippen LogP contribution is -2.22. The Kier molecular flexibility index (Phi) is 4.69. The number of rotatable bonds is 4. The Morgan fingerprint density at radius 3 is 2.74 bits per heavy atom. The fourth-order valence-corrected chi connectivity index (χ4v) is 3.19. The minimum Gasteiger partial charge on any atom is -0.347 e. The van der Waals surface area contributed by atoms with Crippen molar-refractivity contribution in [3.05, 3.63) is 69.9 Å². The van der Waals surface area contributed by atoms with Gasteiger partial charge in [-0.2, -0.15) is 0 Å². The van der Waals surface area contributed by atoms with Gasteiger partial charge in [0.15, 0.2) is 0 Å². The molecule has 0 aliphatic rings. The van der Waals surface area contributed by atoms with E-state index in [2.05, 4.69) is 15.3 Å². The second-order valence-corrected chi connectivity index (χ2v) is 6.48. The zero-order valence-corrected chi connectivity index (χ0v) is 14.0. The molecule has 1 N–H and O–H groups in total. The van der Waals surface area contributed by atoms with E-state index in [1.54, 1.807) is 48.0 Å². The molecule has 0 fully saturated rings. The number of nitrogens with one attached hydrogen (secondary N) is 1. The smallest absolute Gasteiger partial charge is 0.251 e. The third-order valence-electron chi connectivity index (χ3n) is 3.32. The predicted octanol–water partition coefficient (Wildman–Crippen LogP) is 4.10. The Morgan fingerprint density at radius 2 is 2.04 bits per heavy atom. The third kappa shape index (κ3) is 3.75. The van der Waals surface area contributed by atoms with E-state index in [-0.39, 0.29) is 5.91 Å². The van der Waals surface area contributed by atoms with Gasteiger partial charge in [0.2, 0.25) is 0 Å². The van der Waals surface area contributed by atoms with Crippen molar-refractivity contribution in [2.75, 3.05) is 0 Å². The van der Waals surface area contributed by atoms with Gasteiger partial charge in [0, 0.05) is 33.4 Å². The molecule has 0 saturated heterocycles. The molecule has 0 unspecified atom stereocenters. The first-order chi connectivity index (χ1) is 11.1. The molecule has 0 radical (unpaired) electrons. The number of amides is 1. The number of aryl methyl sites for hydroxylation is 1. The SMILES string of the molecule is Cc1nc(-c2cccnc2)sc1CNC(=O)c1ccc(Cl)cc1. The van der Waals surface area contributed by atoms with Crippen molar-refractivity contribution in [1.29, 1.82) is 0 Å². The number of carbonyl (C=O) groups is 1. The number of aromatic nitrogens is 2. The molecule has 4 nitrogen and oxygen atoms in total. The fraction of sp³-hybridized carbons (Fsp3) is 0.118. The Bertz CT molecular complexity index is 816. The third-order valence-corrected chi connectivity index (χ3v) is 4.78. The first-order valence-corrected chi connectivity index (χ1v) is 8.23. The Labute approximate surface area is 143 Å². The molecule has 6 heteroatoms. The highest BCUT2D eigenvalue weighted by Crippen LogP contribution is 2.27. The van der Waals surface area contributed by atoms with Crippen LogP contribution in [-0.2, 0) is 6.54 Å². The standard InChI is InChI=1S/C17H14ClN3OS/c1-11-15(23-17(21-11)13-3-2-8-19-9-13)10-20-16(22)12-4-6-14(18)7-5-12/h2-9H,10H2,1H3,(H,20,22). The molecule has 23 heavy (non-hydrogen) atoms. The van der Waals surface area contributed by atoms with Crippen molar-refractivity contribution in [3.63, 3.8) is 0 Å². The molecule has 0 aliphatic carbocycles. The van der Waals surface area contributed by atoms with Gasteiger partial charge in [0.05, 0.1) is 12.2 Å². The molecule has 2 aromatic heterocycles. The van der Waals surface area contributed by atoms with Crippen LogP contribution < -0.4 is 5.32 Å². The summed E-state index contributed by atoms with van der Waals surface area (Å²) in [6, 6.07) is 10.7. The van der Waals surface area contributed by atoms with Gasteiger partial charge in [-0.25, -0.2) is 4.98 Å². The van der Waals surface area contributed by atoms with Crippen molar-refractivity contribution < 1.29 is 4.79 Å². The molecular weight excluding hydrogens is 330 g/mol. The van der Waals surface area contributed by atoms with Crippen LogP contribution in [-0.4, -0.2) is 15.9 Å². The first kappa shape index (κ1) is 15.6. The van der Waals surface area contributed by atoms with Crippen LogP contribution in [0.5, 0.6) is 0 Å². The van der Waals surface area contributed by atoms with E-state index in [1.165, 1.54) is 0 Å². The van der Waals surface area contributed by atoms with Crippen LogP contribution in [0.3, 0.4) is 0 Å². The number of hydrogen-bond acceptors (Lipinski definition) is 4. The van der Waals surface area contributed by atoms with Crippen molar-refractivity contribution in [2.24, 2.45) is 0 Å². The predicted molar refractivity (Wildman–Crippen MR) is 92.7 cm³/mol. The summed E-state index contributed by atoms with van der Waals surface area (Å²) in [7, 11) is 0. The highest BCUT2D eigenvalue weighted by molar-refractivity contribution is 7.15. The summed E-state index contributed by atoms with van der Waals surface area (Å²) < 4.78 is 0. The highest BCUT2D eigenvalue weighted by atomic mass is 35.5. The maximum absolute atomic E-state index is 12.1. The minimum absolute atomic E-state index is 0.127. The number of thiazole rings is 1. The van der Waals surface area contributed by atoms with Crippen LogP contribution in [0, 0.1) is 6.92 Å². The van der Waals surface area contributed by atoms with Crippen molar-refractivity contribution in [2.45, 2.75) is 13.5 Å². The Hall–Kier alpha value is -2.24. The molecule has 0 atom stereocenters. The zero-order valence-electron chi connectivity index (χ0n) is 12.4. The number of halogens is 1. The van der Waals surface area contributed by atoms with Gasteiger partial charge >= 0.3 is 0 Å². The Morgan fingerprint density at radius 1 is 1.26 bits per heavy atom. The molecule has 0 saturated carbocycles. The number of nitrogens with zero attached hydrogens (tertiary/aromatic N) is 2. The van der Waals surface area contributed by atoms with Crippen LogP contribution in [0.25, 0.3) is 10.6 Å². The number of carbonyl (C=O) groups excluding carboxylic acids is 1. The summed E-state index contributed by atoms with van der Waals surface area (Å²) in [5.74, 6) is -0.127. The van der Waals surface area contributed by atoms with E-state index in [0.717, 1.165) is 21.1 Å². The lowest BCUT2D eigenvalue weighted by atomic mass is 10.2. The van der Waals surface area contributed by atoms with Crippen molar-refractivity contribution in [3.8, 4) is 10.6 Å². The monoisotopic (exact) mass is 343 g/mol. The molecule has 3 rings (SSSR count). The van der Waals surface area contributed by atoms with E-state index in [9.17, 15) is 4.79 Å². The average molecular weight is 344 g/mol. The average Bonchev–Trinajstić information content (AvgIpc) is 2.95. The van der Waals surface area contributed by atoms with Crippen molar-refractivity contribution >= 4 is 28.8 Å². The lowest BCUT2D eigenvalue weighted by molar-refractivity contribution is 0.0951. The summed E-state index contributed by atoms with van der Waals surface area (Å²) in [5.41, 5.74) is 2.49. The largest absolute Gasteiger partial charge is 0.347 e. The normalized spacial score (nSPS) is 10.5. The van der Waals surface area contributed by atoms with E-state index in [0.29, 0.717) is 17.1 Å². The van der Waals surface area contributed by atoms with E-state index in [1.807, 2.05) is 19.1 Å². The van der Waals surface area contributed by atoms with E-state index in [4.69, 9.17) is 11.6 Å². The highest BCUT2D eigenvalue weighted by Gasteiger charge is 2.11. The molecule has 0 aliphatic heterocycles. The second-order valence-electron chi connectivity index (χ2n) is 4.96. The molecule has 1 aromatic carbocycles. The summed E-state index contributed by atoms with van der Waals surface area (Å²) in [4.78, 5) is 21.8. The number of pyridine rings is 1. The van der Waals surface area contributed by atoms with Crippen LogP contribution in [0.15, 0.2) is 48.8 Å². The summed E-state index contributed by atoms with van der Waals surface area (Å²) in [6.45, 7) is 2.39. The second kappa shape index (κ2) is 6.89. The van der Waals surface area contributed by atoms with Gasteiger partial charge in [-0.3, -0.25) is 9.78 Å². The molecule has 0 spiro atoms. The number of hydrogen-bond donors (Lipinski definition) is 1. The quantitative estimate of drug-likeness (QED) is 0.776. The van der Waals surface area contributed by atoms with E-state index < -0.39 is 0 Å². The lowest BCUT2D eigenvalue weighted by Gasteiger charge is -2.04. The van der Waals surface area contributed by atoms with Gasteiger partial charge in [-0.05, 0) is 43.3 Å². The summed E-state index contributed by atoms with van der Waals surface area (Å²) in [5, 5.41) is 4.43. The van der Waals surface area contributed by atoms with Gasteiger partial charge in [-0.15, -0.1) is 11.3 Å². The van der Waals surface area contributed by atoms with Gasteiger partial charge in [0.1, 0.15) is 5.01 Å². The van der Waals surface area contributed by atoms with Gasteiger partial charge < -0.3 is 5.32 Å². The molecular formula is C17H14ClN3OS. The van der Waals surface area contributed by atoms with Crippen LogP contribution in [0.1, 0.15) is 20.9 Å². The molecule has 1 amide bonds. The zero-order chi connectivity index (χ0) is 16.2. The molecule has 3 aromatic rings. The topological polar surface area (TPSA) is 54.9 Å². The van der Waals surface area contributed by atoms with Crippen LogP contribution >= 0.6 is 22.9 Å². The molecule has 0 bridgehead atoms. The molecule has 116 valence electrons. The minimum atomic E-state index is -0.127. The van der Waals surface area contributed by atoms with Gasteiger partial charge in [-0.1, -0.05) is 11.6 Å². The first-order valence-electron chi connectivity index (χ1n) is 7.04.